The molecule has 0 aliphatic heterocycles. The Labute approximate surface area is 195 Å². The fourth-order valence-electron chi connectivity index (χ4n) is 4.36. The highest BCUT2D eigenvalue weighted by atomic mass is 19.1. The minimum atomic E-state index is -1.09. The average Bonchev–Trinajstić information content (AvgIpc) is 3.15. The van der Waals surface area contributed by atoms with E-state index in [1.807, 2.05) is 13.8 Å². The molecule has 4 rings (SSSR count). The molecule has 0 spiro atoms. The molecule has 172 valence electrons. The number of fused-ring (bicyclic) bond motifs is 1. The lowest BCUT2D eigenvalue weighted by Gasteiger charge is -2.27. The van der Waals surface area contributed by atoms with Crippen LogP contribution >= 0.6 is 0 Å². The molecule has 0 bridgehead atoms. The van der Waals surface area contributed by atoms with Gasteiger partial charge in [0.2, 0.25) is 0 Å². The van der Waals surface area contributed by atoms with Gasteiger partial charge in [-0.1, -0.05) is 19.9 Å². The van der Waals surface area contributed by atoms with Crippen molar-refractivity contribution < 1.29 is 23.8 Å². The first-order valence-electron chi connectivity index (χ1n) is 10.6. The maximum atomic E-state index is 14.6. The molecule has 0 saturated carbocycles. The highest BCUT2D eigenvalue weighted by molar-refractivity contribution is 6.02. The molecule has 0 fully saturated rings. The van der Waals surface area contributed by atoms with Gasteiger partial charge < -0.3 is 14.8 Å². The number of aromatic nitrogens is 1. The predicted molar refractivity (Wildman–Crippen MR) is 125 cm³/mol. The Morgan fingerprint density at radius 2 is 1.71 bits per heavy atom. The third kappa shape index (κ3) is 3.67. The molecule has 1 heterocycles. The number of aryl methyl sites for hydroxylation is 1. The molecule has 0 radical (unpaired) electrons. The van der Waals surface area contributed by atoms with E-state index in [-0.39, 0.29) is 23.3 Å². The van der Waals surface area contributed by atoms with Gasteiger partial charge in [-0.2, -0.15) is 5.26 Å². The molecule has 1 aromatic heterocycles. The summed E-state index contributed by atoms with van der Waals surface area (Å²) in [4.78, 5) is 11.4. The molecule has 7 heteroatoms. The van der Waals surface area contributed by atoms with Crippen LogP contribution in [0.1, 0.15) is 41.9 Å². The van der Waals surface area contributed by atoms with E-state index in [0.717, 1.165) is 6.07 Å². The van der Waals surface area contributed by atoms with Crippen LogP contribution in [-0.2, 0) is 5.41 Å². The second kappa shape index (κ2) is 8.31. The molecule has 0 unspecified atom stereocenters. The Hall–Kier alpha value is -4.18. The van der Waals surface area contributed by atoms with Crippen molar-refractivity contribution in [3.05, 3.63) is 83.1 Å². The SMILES string of the molecule is Cc1cc(-c2c(C(C)(C)CC#N)n(-c3ccc(C(=O)O)cc3)c3c(O)c(F)ccc23)ccc1F. The predicted octanol–water partition coefficient (Wildman–Crippen LogP) is 6.48. The van der Waals surface area contributed by atoms with Gasteiger partial charge in [0, 0.05) is 34.2 Å². The third-order valence-corrected chi connectivity index (χ3v) is 6.04. The van der Waals surface area contributed by atoms with E-state index in [0.29, 0.717) is 33.5 Å². The van der Waals surface area contributed by atoms with E-state index in [9.17, 15) is 29.1 Å². The molecule has 0 saturated heterocycles. The number of phenols is 1. The standard InChI is InChI=1S/C27H22F2N2O3/c1-15-14-17(6-10-20(15)28)22-19-9-11-21(29)24(32)23(19)31(25(22)27(2,3)12-13-30)18-7-4-16(5-8-18)26(33)34/h4-11,14,32H,12H2,1-3H3,(H,33,34). The van der Waals surface area contributed by atoms with Crippen molar-refractivity contribution >= 4 is 16.9 Å². The summed E-state index contributed by atoms with van der Waals surface area (Å²) in [5.41, 5.74) is 2.28. The number of nitrogens with zero attached hydrogens (tertiary/aromatic N) is 2. The van der Waals surface area contributed by atoms with Crippen molar-refractivity contribution in [2.24, 2.45) is 0 Å². The summed E-state index contributed by atoms with van der Waals surface area (Å²) < 4.78 is 30.3. The van der Waals surface area contributed by atoms with Crippen LogP contribution in [0.4, 0.5) is 8.78 Å². The van der Waals surface area contributed by atoms with Gasteiger partial charge in [0.15, 0.2) is 11.6 Å². The fourth-order valence-corrected chi connectivity index (χ4v) is 4.36. The smallest absolute Gasteiger partial charge is 0.335 e. The number of halogens is 2. The maximum Gasteiger partial charge on any atom is 0.335 e. The summed E-state index contributed by atoms with van der Waals surface area (Å²) in [5, 5.41) is 30.2. The van der Waals surface area contributed by atoms with Crippen molar-refractivity contribution in [3.8, 4) is 28.6 Å². The zero-order chi connectivity index (χ0) is 24.8. The summed E-state index contributed by atoms with van der Waals surface area (Å²) in [6.45, 7) is 5.36. The summed E-state index contributed by atoms with van der Waals surface area (Å²) in [5.74, 6) is -2.85. The van der Waals surface area contributed by atoms with Gasteiger partial charge in [-0.15, -0.1) is 0 Å². The van der Waals surface area contributed by atoms with Crippen LogP contribution in [0.25, 0.3) is 27.7 Å². The van der Waals surface area contributed by atoms with Crippen LogP contribution in [0, 0.1) is 29.9 Å². The zero-order valence-corrected chi connectivity index (χ0v) is 18.9. The Morgan fingerprint density at radius 3 is 2.29 bits per heavy atom. The number of carboxylic acids is 1. The molecule has 2 N–H and O–H groups in total. The molecule has 0 aliphatic rings. The summed E-state index contributed by atoms with van der Waals surface area (Å²) in [7, 11) is 0. The molecule has 0 amide bonds. The molecular formula is C27H22F2N2O3. The van der Waals surface area contributed by atoms with Crippen LogP contribution in [-0.4, -0.2) is 20.7 Å². The van der Waals surface area contributed by atoms with Gasteiger partial charge >= 0.3 is 5.97 Å². The monoisotopic (exact) mass is 460 g/mol. The molecule has 3 aromatic carbocycles. The lowest BCUT2D eigenvalue weighted by Crippen LogP contribution is -2.22. The van der Waals surface area contributed by atoms with Crippen molar-refractivity contribution in [2.45, 2.75) is 32.6 Å². The molecule has 34 heavy (non-hydrogen) atoms. The number of rotatable bonds is 5. The van der Waals surface area contributed by atoms with Crippen LogP contribution in [0.3, 0.4) is 0 Å². The van der Waals surface area contributed by atoms with E-state index >= 15 is 0 Å². The number of aromatic carboxylic acids is 1. The number of carbonyl (C=O) groups is 1. The highest BCUT2D eigenvalue weighted by Crippen LogP contribution is 2.47. The second-order valence-corrected chi connectivity index (χ2v) is 8.89. The number of nitriles is 1. The minimum Gasteiger partial charge on any atom is -0.503 e. The van der Waals surface area contributed by atoms with Crippen molar-refractivity contribution in [2.75, 3.05) is 0 Å². The zero-order valence-electron chi connectivity index (χ0n) is 18.9. The van der Waals surface area contributed by atoms with Gasteiger partial charge in [-0.05, 0) is 66.6 Å². The third-order valence-electron chi connectivity index (χ3n) is 6.04. The van der Waals surface area contributed by atoms with E-state index in [2.05, 4.69) is 6.07 Å². The summed E-state index contributed by atoms with van der Waals surface area (Å²) in [6, 6.07) is 15.5. The number of aromatic hydroxyl groups is 1. The Kier molecular flexibility index (Phi) is 5.62. The number of phenolic OH excluding ortho intramolecular Hbond substituents is 1. The number of benzene rings is 3. The maximum absolute atomic E-state index is 14.6. The number of hydrogen-bond donors (Lipinski definition) is 2. The van der Waals surface area contributed by atoms with E-state index in [1.165, 1.54) is 18.2 Å². The van der Waals surface area contributed by atoms with Gasteiger partial charge in [0.1, 0.15) is 5.82 Å². The van der Waals surface area contributed by atoms with Crippen molar-refractivity contribution in [3.63, 3.8) is 0 Å². The topological polar surface area (TPSA) is 86.2 Å². The van der Waals surface area contributed by atoms with Gasteiger partial charge in [0.25, 0.3) is 0 Å². The van der Waals surface area contributed by atoms with Gasteiger partial charge in [-0.3, -0.25) is 0 Å². The largest absolute Gasteiger partial charge is 0.503 e. The Balaban J connectivity index is 2.21. The van der Waals surface area contributed by atoms with E-state index in [1.54, 1.807) is 41.8 Å². The molecule has 0 aliphatic carbocycles. The molecule has 5 nitrogen and oxygen atoms in total. The highest BCUT2D eigenvalue weighted by Gasteiger charge is 2.33. The quantitative estimate of drug-likeness (QED) is 0.357. The van der Waals surface area contributed by atoms with Crippen LogP contribution in [0.2, 0.25) is 0 Å². The van der Waals surface area contributed by atoms with E-state index in [4.69, 9.17) is 0 Å². The van der Waals surface area contributed by atoms with E-state index < -0.39 is 23.0 Å². The van der Waals surface area contributed by atoms with Crippen LogP contribution in [0.15, 0.2) is 54.6 Å². The van der Waals surface area contributed by atoms with Crippen molar-refractivity contribution in [1.29, 1.82) is 5.26 Å². The minimum absolute atomic E-state index is 0.0721. The fraction of sp³-hybridized carbons (Fsp3) is 0.185. The molecule has 0 atom stereocenters. The Bertz CT molecular complexity index is 1480. The lowest BCUT2D eigenvalue weighted by molar-refractivity contribution is 0.0697. The van der Waals surface area contributed by atoms with Gasteiger partial charge in [-0.25, -0.2) is 13.6 Å². The van der Waals surface area contributed by atoms with Crippen LogP contribution < -0.4 is 0 Å². The second-order valence-electron chi connectivity index (χ2n) is 8.89. The number of carboxylic acid groups (broad SMARTS) is 1. The molecular weight excluding hydrogens is 438 g/mol. The van der Waals surface area contributed by atoms with Crippen molar-refractivity contribution in [1.82, 2.24) is 4.57 Å². The normalized spacial score (nSPS) is 11.5. The first kappa shape index (κ1) is 23.0. The van der Waals surface area contributed by atoms with Crippen LogP contribution in [0.5, 0.6) is 5.75 Å². The van der Waals surface area contributed by atoms with Gasteiger partial charge in [0.05, 0.1) is 17.1 Å². The first-order chi connectivity index (χ1) is 16.1. The number of hydrogen-bond acceptors (Lipinski definition) is 3. The Morgan fingerprint density at radius 1 is 1.06 bits per heavy atom. The summed E-state index contributed by atoms with van der Waals surface area (Å²) >= 11 is 0. The lowest BCUT2D eigenvalue weighted by atomic mass is 9.81. The molecule has 4 aromatic rings. The average molecular weight is 460 g/mol. The first-order valence-corrected chi connectivity index (χ1v) is 10.6. The summed E-state index contributed by atoms with van der Waals surface area (Å²) in [6.07, 6.45) is 0.104.